The van der Waals surface area contributed by atoms with Crippen molar-refractivity contribution in [3.05, 3.63) is 36.2 Å². The number of nitrogens with zero attached hydrogens (tertiary/aromatic N) is 5. The first-order chi connectivity index (χ1) is 9.31. The van der Waals surface area contributed by atoms with Crippen LogP contribution in [0.2, 0.25) is 0 Å². The summed E-state index contributed by atoms with van der Waals surface area (Å²) in [5.41, 5.74) is 8.61. The number of para-hydroxylation sites is 1. The quantitative estimate of drug-likeness (QED) is 0.769. The number of fused-ring (bicyclic) bond motifs is 1. The Hall–Kier alpha value is -2.50. The average Bonchev–Trinajstić information content (AvgIpc) is 2.85. The summed E-state index contributed by atoms with van der Waals surface area (Å²) in [6.45, 7) is 2.09. The minimum atomic E-state index is 0.506. The number of aromatic nitrogens is 5. The van der Waals surface area contributed by atoms with E-state index in [4.69, 9.17) is 5.73 Å². The topological polar surface area (TPSA) is 82.5 Å². The summed E-state index contributed by atoms with van der Waals surface area (Å²) in [5.74, 6) is 1.22. The Kier molecular flexibility index (Phi) is 2.83. The van der Waals surface area contributed by atoms with Gasteiger partial charge in [0.05, 0.1) is 5.52 Å². The second-order valence-corrected chi connectivity index (χ2v) is 4.30. The Morgan fingerprint density at radius 1 is 1.21 bits per heavy atom. The lowest BCUT2D eigenvalue weighted by Gasteiger charge is -2.09. The smallest absolute Gasteiger partial charge is 0.164 e. The van der Waals surface area contributed by atoms with Crippen LogP contribution in [0.1, 0.15) is 18.9 Å². The molecule has 96 valence electrons. The SMILES string of the molecule is CCCc1c(N)ncnc1-n1nnc2ccccc21. The minimum absolute atomic E-state index is 0.506. The van der Waals surface area contributed by atoms with Gasteiger partial charge in [-0.3, -0.25) is 0 Å². The molecule has 2 heterocycles. The molecular weight excluding hydrogens is 240 g/mol. The van der Waals surface area contributed by atoms with Crippen molar-refractivity contribution in [2.45, 2.75) is 19.8 Å². The maximum Gasteiger partial charge on any atom is 0.164 e. The first-order valence-electron chi connectivity index (χ1n) is 6.21. The van der Waals surface area contributed by atoms with Crippen molar-refractivity contribution in [1.82, 2.24) is 25.0 Å². The van der Waals surface area contributed by atoms with Gasteiger partial charge >= 0.3 is 0 Å². The molecule has 3 aromatic rings. The molecule has 0 aliphatic carbocycles. The monoisotopic (exact) mass is 254 g/mol. The highest BCUT2D eigenvalue weighted by atomic mass is 15.4. The first kappa shape index (κ1) is 11.6. The molecule has 1 aromatic carbocycles. The fourth-order valence-electron chi connectivity index (χ4n) is 2.11. The molecule has 0 aliphatic rings. The van der Waals surface area contributed by atoms with Gasteiger partial charge in [-0.2, -0.15) is 4.68 Å². The Morgan fingerprint density at radius 3 is 2.89 bits per heavy atom. The number of hydrogen-bond acceptors (Lipinski definition) is 5. The van der Waals surface area contributed by atoms with Crippen molar-refractivity contribution in [3.8, 4) is 5.82 Å². The summed E-state index contributed by atoms with van der Waals surface area (Å²) < 4.78 is 1.72. The molecule has 19 heavy (non-hydrogen) atoms. The Balaban J connectivity index is 2.24. The standard InChI is InChI=1S/C13H14N6/c1-2-5-9-12(14)15-8-16-13(9)19-11-7-4-3-6-10(11)17-18-19/h3-4,6-8H,2,5H2,1H3,(H2,14,15,16). The molecule has 6 nitrogen and oxygen atoms in total. The van der Waals surface area contributed by atoms with Gasteiger partial charge in [0.1, 0.15) is 17.7 Å². The van der Waals surface area contributed by atoms with Crippen molar-refractivity contribution in [1.29, 1.82) is 0 Å². The van der Waals surface area contributed by atoms with E-state index in [1.54, 1.807) is 4.68 Å². The zero-order valence-corrected chi connectivity index (χ0v) is 10.6. The van der Waals surface area contributed by atoms with E-state index in [-0.39, 0.29) is 0 Å². The van der Waals surface area contributed by atoms with Crippen molar-refractivity contribution >= 4 is 16.9 Å². The third-order valence-electron chi connectivity index (χ3n) is 3.01. The lowest BCUT2D eigenvalue weighted by atomic mass is 10.1. The van der Waals surface area contributed by atoms with Crippen LogP contribution in [0.5, 0.6) is 0 Å². The highest BCUT2D eigenvalue weighted by Gasteiger charge is 2.14. The number of hydrogen-bond donors (Lipinski definition) is 1. The van der Waals surface area contributed by atoms with E-state index in [0.717, 1.165) is 29.4 Å². The van der Waals surface area contributed by atoms with Gasteiger partial charge in [-0.05, 0) is 18.6 Å². The van der Waals surface area contributed by atoms with E-state index < -0.39 is 0 Å². The number of anilines is 1. The molecule has 2 N–H and O–H groups in total. The lowest BCUT2D eigenvalue weighted by molar-refractivity contribution is 0.774. The van der Waals surface area contributed by atoms with Crippen LogP contribution in [0.4, 0.5) is 5.82 Å². The summed E-state index contributed by atoms with van der Waals surface area (Å²) in [7, 11) is 0. The van der Waals surface area contributed by atoms with E-state index in [1.807, 2.05) is 24.3 Å². The van der Waals surface area contributed by atoms with Crippen LogP contribution in [-0.4, -0.2) is 25.0 Å². The van der Waals surface area contributed by atoms with Crippen LogP contribution < -0.4 is 5.73 Å². The van der Waals surface area contributed by atoms with Crippen LogP contribution in [0.25, 0.3) is 16.9 Å². The van der Waals surface area contributed by atoms with Gasteiger partial charge in [0.2, 0.25) is 0 Å². The number of benzene rings is 1. The van der Waals surface area contributed by atoms with Crippen molar-refractivity contribution in [2.24, 2.45) is 0 Å². The maximum atomic E-state index is 5.94. The summed E-state index contributed by atoms with van der Waals surface area (Å²) in [6, 6.07) is 7.76. The molecule has 0 aliphatic heterocycles. The van der Waals surface area contributed by atoms with Gasteiger partial charge in [-0.1, -0.05) is 30.7 Å². The molecule has 2 aromatic heterocycles. The molecule has 3 rings (SSSR count). The van der Waals surface area contributed by atoms with Crippen LogP contribution in [0.3, 0.4) is 0 Å². The van der Waals surface area contributed by atoms with Crippen molar-refractivity contribution < 1.29 is 0 Å². The number of nitrogen functional groups attached to an aromatic ring is 1. The van der Waals surface area contributed by atoms with Gasteiger partial charge in [-0.15, -0.1) is 5.10 Å². The van der Waals surface area contributed by atoms with Crippen molar-refractivity contribution in [3.63, 3.8) is 0 Å². The first-order valence-corrected chi connectivity index (χ1v) is 6.21. The molecular formula is C13H14N6. The maximum absolute atomic E-state index is 5.94. The average molecular weight is 254 g/mol. The van der Waals surface area contributed by atoms with Gasteiger partial charge in [-0.25, -0.2) is 9.97 Å². The minimum Gasteiger partial charge on any atom is -0.383 e. The highest BCUT2D eigenvalue weighted by Crippen LogP contribution is 2.21. The fraction of sp³-hybridized carbons (Fsp3) is 0.231. The van der Waals surface area contributed by atoms with Gasteiger partial charge in [0.15, 0.2) is 5.82 Å². The summed E-state index contributed by atoms with van der Waals surface area (Å²) >= 11 is 0. The molecule has 6 heteroatoms. The Labute approximate surface area is 110 Å². The van der Waals surface area contributed by atoms with Crippen LogP contribution >= 0.6 is 0 Å². The molecule has 0 radical (unpaired) electrons. The second kappa shape index (κ2) is 4.64. The summed E-state index contributed by atoms with van der Waals surface area (Å²) in [5, 5.41) is 8.31. The number of rotatable bonds is 3. The third-order valence-corrected chi connectivity index (χ3v) is 3.01. The van der Waals surface area contributed by atoms with E-state index in [2.05, 4.69) is 27.2 Å². The zero-order valence-electron chi connectivity index (χ0n) is 10.6. The molecule has 0 saturated heterocycles. The van der Waals surface area contributed by atoms with E-state index in [1.165, 1.54) is 6.33 Å². The van der Waals surface area contributed by atoms with Crippen LogP contribution in [-0.2, 0) is 6.42 Å². The second-order valence-electron chi connectivity index (χ2n) is 4.30. The molecule has 0 amide bonds. The summed E-state index contributed by atoms with van der Waals surface area (Å²) in [4.78, 5) is 8.37. The van der Waals surface area contributed by atoms with E-state index in [0.29, 0.717) is 11.6 Å². The van der Waals surface area contributed by atoms with Gasteiger partial charge in [0, 0.05) is 5.56 Å². The predicted molar refractivity (Wildman–Crippen MR) is 72.9 cm³/mol. The molecule has 0 bridgehead atoms. The Morgan fingerprint density at radius 2 is 2.05 bits per heavy atom. The summed E-state index contributed by atoms with van der Waals surface area (Å²) in [6.07, 6.45) is 3.24. The van der Waals surface area contributed by atoms with Gasteiger partial charge in [0.25, 0.3) is 0 Å². The van der Waals surface area contributed by atoms with E-state index >= 15 is 0 Å². The highest BCUT2D eigenvalue weighted by molar-refractivity contribution is 5.76. The molecule has 0 saturated carbocycles. The molecule has 0 atom stereocenters. The van der Waals surface area contributed by atoms with Crippen molar-refractivity contribution in [2.75, 3.05) is 5.73 Å². The van der Waals surface area contributed by atoms with Crippen LogP contribution in [0, 0.1) is 0 Å². The Bertz CT molecular complexity index is 718. The molecule has 0 spiro atoms. The molecule has 0 unspecified atom stereocenters. The van der Waals surface area contributed by atoms with Crippen LogP contribution in [0.15, 0.2) is 30.6 Å². The normalized spacial score (nSPS) is 11.0. The lowest BCUT2D eigenvalue weighted by Crippen LogP contribution is -2.09. The fourth-order valence-corrected chi connectivity index (χ4v) is 2.11. The van der Waals surface area contributed by atoms with E-state index in [9.17, 15) is 0 Å². The molecule has 0 fully saturated rings. The largest absolute Gasteiger partial charge is 0.383 e. The van der Waals surface area contributed by atoms with Gasteiger partial charge < -0.3 is 5.73 Å². The third kappa shape index (κ3) is 1.91. The predicted octanol–water partition coefficient (Wildman–Crippen LogP) is 1.75. The number of nitrogens with two attached hydrogens (primary N) is 1. The zero-order chi connectivity index (χ0) is 13.2.